The number of rotatable bonds is 6. The molecule has 4 nitrogen and oxygen atoms in total. The summed E-state index contributed by atoms with van der Waals surface area (Å²) in [7, 11) is 1.48. The molecule has 0 aromatic heterocycles. The van der Waals surface area contributed by atoms with E-state index in [4.69, 9.17) is 4.74 Å². The summed E-state index contributed by atoms with van der Waals surface area (Å²) in [4.78, 5) is 14.2. The normalized spacial score (nSPS) is 23.9. The molecule has 2 aliphatic rings. The molecule has 0 bridgehead atoms. The standard InChI is InChI=1S/C14H26N2O2/c1-3-11-6-8-16(9-7-11)10-13(14(17)18-2)15-12-4-5-12/h11-13,15H,3-10H2,1-2H3. The zero-order valence-corrected chi connectivity index (χ0v) is 11.7. The minimum atomic E-state index is -0.138. The fourth-order valence-corrected chi connectivity index (χ4v) is 2.71. The first kappa shape index (κ1) is 13.8. The highest BCUT2D eigenvalue weighted by Crippen LogP contribution is 2.22. The van der Waals surface area contributed by atoms with Crippen LogP contribution in [0.3, 0.4) is 0 Å². The molecule has 18 heavy (non-hydrogen) atoms. The predicted octanol–water partition coefficient (Wildman–Crippen LogP) is 1.40. The van der Waals surface area contributed by atoms with Crippen molar-refractivity contribution in [1.82, 2.24) is 10.2 Å². The van der Waals surface area contributed by atoms with Crippen LogP contribution >= 0.6 is 0 Å². The summed E-state index contributed by atoms with van der Waals surface area (Å²) >= 11 is 0. The van der Waals surface area contributed by atoms with Crippen LogP contribution < -0.4 is 5.32 Å². The van der Waals surface area contributed by atoms with Gasteiger partial charge in [0.25, 0.3) is 0 Å². The Kier molecular flexibility index (Phi) is 5.01. The van der Waals surface area contributed by atoms with Gasteiger partial charge >= 0.3 is 5.97 Å². The maximum atomic E-state index is 11.8. The lowest BCUT2D eigenvalue weighted by Crippen LogP contribution is -2.49. The Morgan fingerprint density at radius 1 is 1.33 bits per heavy atom. The molecule has 1 saturated carbocycles. The minimum absolute atomic E-state index is 0.112. The highest BCUT2D eigenvalue weighted by atomic mass is 16.5. The molecule has 1 heterocycles. The van der Waals surface area contributed by atoms with E-state index in [9.17, 15) is 4.79 Å². The van der Waals surface area contributed by atoms with Crippen molar-refractivity contribution >= 4 is 5.97 Å². The molecule has 2 fully saturated rings. The van der Waals surface area contributed by atoms with Gasteiger partial charge in [0.15, 0.2) is 0 Å². The van der Waals surface area contributed by atoms with E-state index >= 15 is 0 Å². The number of hydrogen-bond donors (Lipinski definition) is 1. The van der Waals surface area contributed by atoms with Crippen molar-refractivity contribution in [2.45, 2.75) is 51.1 Å². The third-order valence-corrected chi connectivity index (χ3v) is 4.23. The predicted molar refractivity (Wildman–Crippen MR) is 71.4 cm³/mol. The van der Waals surface area contributed by atoms with Gasteiger partial charge in [0.2, 0.25) is 0 Å². The number of esters is 1. The van der Waals surface area contributed by atoms with E-state index in [0.717, 1.165) is 25.6 Å². The van der Waals surface area contributed by atoms with Crippen LogP contribution in [0.5, 0.6) is 0 Å². The monoisotopic (exact) mass is 254 g/mol. The number of carbonyl (C=O) groups excluding carboxylic acids is 1. The van der Waals surface area contributed by atoms with Gasteiger partial charge in [-0.15, -0.1) is 0 Å². The number of ether oxygens (including phenoxy) is 1. The fourth-order valence-electron chi connectivity index (χ4n) is 2.71. The molecule has 1 saturated heterocycles. The van der Waals surface area contributed by atoms with Crippen LogP contribution in [0.2, 0.25) is 0 Å². The van der Waals surface area contributed by atoms with E-state index in [2.05, 4.69) is 17.1 Å². The first-order chi connectivity index (χ1) is 8.72. The summed E-state index contributed by atoms with van der Waals surface area (Å²) in [6.07, 6.45) is 6.23. The number of nitrogens with one attached hydrogen (secondary N) is 1. The van der Waals surface area contributed by atoms with E-state index < -0.39 is 0 Å². The maximum Gasteiger partial charge on any atom is 0.324 e. The summed E-state index contributed by atoms with van der Waals surface area (Å²) in [5.41, 5.74) is 0. The molecule has 0 amide bonds. The SMILES string of the molecule is CCC1CCN(CC(NC2CC2)C(=O)OC)CC1. The number of carbonyl (C=O) groups is 1. The molecule has 4 heteroatoms. The van der Waals surface area contributed by atoms with E-state index in [1.165, 1.54) is 39.2 Å². The summed E-state index contributed by atoms with van der Waals surface area (Å²) in [6.45, 7) is 5.32. The van der Waals surface area contributed by atoms with Crippen LogP contribution in [0.1, 0.15) is 39.0 Å². The first-order valence-corrected chi connectivity index (χ1v) is 7.29. The lowest BCUT2D eigenvalue weighted by molar-refractivity contribution is -0.143. The van der Waals surface area contributed by atoms with Crippen molar-refractivity contribution in [1.29, 1.82) is 0 Å². The maximum absolute atomic E-state index is 11.8. The van der Waals surface area contributed by atoms with E-state index in [0.29, 0.717) is 6.04 Å². The van der Waals surface area contributed by atoms with E-state index in [-0.39, 0.29) is 12.0 Å². The molecule has 1 N–H and O–H groups in total. The van der Waals surface area contributed by atoms with Crippen molar-refractivity contribution in [3.05, 3.63) is 0 Å². The summed E-state index contributed by atoms with van der Waals surface area (Å²) < 4.78 is 4.90. The quantitative estimate of drug-likeness (QED) is 0.728. The smallest absolute Gasteiger partial charge is 0.324 e. The Bertz CT molecular complexity index is 271. The van der Waals surface area contributed by atoms with Crippen LogP contribution in [-0.2, 0) is 9.53 Å². The van der Waals surface area contributed by atoms with Gasteiger partial charge in [-0.2, -0.15) is 0 Å². The average molecular weight is 254 g/mol. The van der Waals surface area contributed by atoms with Crippen LogP contribution in [0.25, 0.3) is 0 Å². The Morgan fingerprint density at radius 2 is 2.00 bits per heavy atom. The number of nitrogens with zero attached hydrogens (tertiary/aromatic N) is 1. The molecular formula is C14H26N2O2. The van der Waals surface area contributed by atoms with Gasteiger partial charge in [0, 0.05) is 12.6 Å². The molecule has 0 aromatic carbocycles. The molecule has 0 aromatic rings. The van der Waals surface area contributed by atoms with Gasteiger partial charge in [0.05, 0.1) is 7.11 Å². The Labute approximate surface area is 110 Å². The third-order valence-electron chi connectivity index (χ3n) is 4.23. The lowest BCUT2D eigenvalue weighted by atomic mass is 9.94. The van der Waals surface area contributed by atoms with Crippen molar-refractivity contribution in [2.24, 2.45) is 5.92 Å². The van der Waals surface area contributed by atoms with Gasteiger partial charge in [-0.1, -0.05) is 13.3 Å². The summed E-state index contributed by atoms with van der Waals surface area (Å²) in [5, 5.41) is 3.40. The topological polar surface area (TPSA) is 41.6 Å². The zero-order chi connectivity index (χ0) is 13.0. The van der Waals surface area contributed by atoms with Gasteiger partial charge < -0.3 is 15.0 Å². The van der Waals surface area contributed by atoms with E-state index in [1.54, 1.807) is 0 Å². The second kappa shape index (κ2) is 6.53. The molecule has 1 aliphatic heterocycles. The van der Waals surface area contributed by atoms with Gasteiger partial charge in [-0.3, -0.25) is 4.79 Å². The van der Waals surface area contributed by atoms with Gasteiger partial charge in [-0.25, -0.2) is 0 Å². The molecule has 1 unspecified atom stereocenters. The molecule has 0 radical (unpaired) electrons. The molecule has 1 aliphatic carbocycles. The number of likely N-dealkylation sites (tertiary alicyclic amines) is 1. The van der Waals surface area contributed by atoms with Crippen molar-refractivity contribution in [3.8, 4) is 0 Å². The average Bonchev–Trinajstić information content (AvgIpc) is 3.22. The third kappa shape index (κ3) is 3.95. The van der Waals surface area contributed by atoms with E-state index in [1.807, 2.05) is 0 Å². The molecule has 104 valence electrons. The second-order valence-corrected chi connectivity index (χ2v) is 5.67. The Morgan fingerprint density at radius 3 is 2.50 bits per heavy atom. The Balaban J connectivity index is 1.78. The van der Waals surface area contributed by atoms with Crippen molar-refractivity contribution in [2.75, 3.05) is 26.7 Å². The number of piperidine rings is 1. The number of methoxy groups -OCH3 is 1. The summed E-state index contributed by atoms with van der Waals surface area (Å²) in [5.74, 6) is 0.772. The van der Waals surface area contributed by atoms with Crippen LogP contribution in [-0.4, -0.2) is 49.7 Å². The lowest BCUT2D eigenvalue weighted by Gasteiger charge is -2.33. The second-order valence-electron chi connectivity index (χ2n) is 5.67. The first-order valence-electron chi connectivity index (χ1n) is 7.29. The molecule has 1 atom stereocenters. The highest BCUT2D eigenvalue weighted by Gasteiger charge is 2.31. The van der Waals surface area contributed by atoms with Gasteiger partial charge in [-0.05, 0) is 44.7 Å². The Hall–Kier alpha value is -0.610. The van der Waals surface area contributed by atoms with Gasteiger partial charge in [0.1, 0.15) is 6.04 Å². The van der Waals surface area contributed by atoms with Crippen LogP contribution in [0, 0.1) is 5.92 Å². The van der Waals surface area contributed by atoms with Crippen molar-refractivity contribution in [3.63, 3.8) is 0 Å². The molecular weight excluding hydrogens is 228 g/mol. The summed E-state index contributed by atoms with van der Waals surface area (Å²) in [6, 6.07) is 0.406. The highest BCUT2D eigenvalue weighted by molar-refractivity contribution is 5.76. The number of hydrogen-bond acceptors (Lipinski definition) is 4. The van der Waals surface area contributed by atoms with Crippen LogP contribution in [0.15, 0.2) is 0 Å². The van der Waals surface area contributed by atoms with Crippen molar-refractivity contribution < 1.29 is 9.53 Å². The minimum Gasteiger partial charge on any atom is -0.468 e. The van der Waals surface area contributed by atoms with Crippen LogP contribution in [0.4, 0.5) is 0 Å². The zero-order valence-electron chi connectivity index (χ0n) is 11.7. The molecule has 2 rings (SSSR count). The fraction of sp³-hybridized carbons (Fsp3) is 0.929. The largest absolute Gasteiger partial charge is 0.468 e. The molecule has 0 spiro atoms.